The molecule has 2 aliphatic rings. The highest BCUT2D eigenvalue weighted by Crippen LogP contribution is 2.28. The number of ether oxygens (including phenoxy) is 1. The summed E-state index contributed by atoms with van der Waals surface area (Å²) in [4.78, 5) is 12.6. The summed E-state index contributed by atoms with van der Waals surface area (Å²) in [6, 6.07) is 0.528. The highest BCUT2D eigenvalue weighted by Gasteiger charge is 2.36. The molecule has 2 fully saturated rings. The van der Waals surface area contributed by atoms with Crippen LogP contribution >= 0.6 is 0 Å². The van der Waals surface area contributed by atoms with Crippen LogP contribution in [0.5, 0.6) is 0 Å². The predicted molar refractivity (Wildman–Crippen MR) is 31.1 cm³/mol. The monoisotopic (exact) mass is 127 g/mol. The van der Waals surface area contributed by atoms with Crippen molar-refractivity contribution in [2.45, 2.75) is 18.9 Å². The molecular weight excluding hydrogens is 118 g/mol. The molecule has 0 aromatic carbocycles. The number of carbonyl (C=O) groups excluding carboxylic acids is 1. The van der Waals surface area contributed by atoms with E-state index in [4.69, 9.17) is 4.74 Å². The fourth-order valence-electron chi connectivity index (χ4n) is 1.12. The average Bonchev–Trinajstić information content (AvgIpc) is 2.58. The van der Waals surface area contributed by atoms with E-state index < -0.39 is 0 Å². The Labute approximate surface area is 53.6 Å². The minimum absolute atomic E-state index is 0.113. The lowest BCUT2D eigenvalue weighted by Gasteiger charge is -2.08. The first-order valence-electron chi connectivity index (χ1n) is 3.31. The summed E-state index contributed by atoms with van der Waals surface area (Å²) in [6.45, 7) is 1.40. The SMILES string of the molecule is O=C1OCCN1C1CC1. The molecule has 0 aromatic rings. The van der Waals surface area contributed by atoms with Crippen LogP contribution in [0.3, 0.4) is 0 Å². The van der Waals surface area contributed by atoms with E-state index in [1.165, 1.54) is 12.8 Å². The third-order valence-electron chi connectivity index (χ3n) is 1.78. The van der Waals surface area contributed by atoms with Gasteiger partial charge in [0.15, 0.2) is 0 Å². The molecule has 1 heterocycles. The van der Waals surface area contributed by atoms with Crippen molar-refractivity contribution in [3.05, 3.63) is 0 Å². The van der Waals surface area contributed by atoms with E-state index in [1.54, 1.807) is 0 Å². The Bertz CT molecular complexity index is 142. The topological polar surface area (TPSA) is 29.5 Å². The van der Waals surface area contributed by atoms with Crippen LogP contribution in [0.4, 0.5) is 4.79 Å². The molecule has 1 amide bonds. The van der Waals surface area contributed by atoms with E-state index in [1.807, 2.05) is 4.90 Å². The van der Waals surface area contributed by atoms with Crippen molar-refractivity contribution in [2.75, 3.05) is 13.2 Å². The van der Waals surface area contributed by atoms with E-state index in [-0.39, 0.29) is 6.09 Å². The lowest BCUT2D eigenvalue weighted by molar-refractivity contribution is 0.157. The van der Waals surface area contributed by atoms with E-state index in [2.05, 4.69) is 0 Å². The van der Waals surface area contributed by atoms with Crippen LogP contribution < -0.4 is 0 Å². The maximum atomic E-state index is 10.8. The molecule has 1 aliphatic heterocycles. The standard InChI is InChI=1S/C6H9NO2/c8-6-7(3-4-9-6)5-1-2-5/h5H,1-4H2. The van der Waals surface area contributed by atoms with Crippen LogP contribution in [0.1, 0.15) is 12.8 Å². The second-order valence-corrected chi connectivity index (χ2v) is 2.54. The van der Waals surface area contributed by atoms with Gasteiger partial charge in [0, 0.05) is 6.04 Å². The fourth-order valence-corrected chi connectivity index (χ4v) is 1.12. The molecule has 0 atom stereocenters. The van der Waals surface area contributed by atoms with Gasteiger partial charge in [-0.05, 0) is 12.8 Å². The highest BCUT2D eigenvalue weighted by atomic mass is 16.6. The van der Waals surface area contributed by atoms with E-state index in [0.29, 0.717) is 12.6 Å². The van der Waals surface area contributed by atoms with Crippen molar-refractivity contribution >= 4 is 6.09 Å². The Kier molecular flexibility index (Phi) is 0.917. The van der Waals surface area contributed by atoms with Crippen molar-refractivity contribution in [1.82, 2.24) is 4.90 Å². The van der Waals surface area contributed by atoms with Crippen molar-refractivity contribution in [1.29, 1.82) is 0 Å². The maximum absolute atomic E-state index is 10.8. The molecule has 2 rings (SSSR count). The number of hydrogen-bond donors (Lipinski definition) is 0. The number of hydrogen-bond acceptors (Lipinski definition) is 2. The van der Waals surface area contributed by atoms with Crippen molar-refractivity contribution in [3.63, 3.8) is 0 Å². The van der Waals surface area contributed by atoms with Gasteiger partial charge in [-0.3, -0.25) is 0 Å². The fraction of sp³-hybridized carbons (Fsp3) is 0.833. The summed E-state index contributed by atoms with van der Waals surface area (Å²) in [5.41, 5.74) is 0. The molecule has 1 saturated heterocycles. The van der Waals surface area contributed by atoms with Crippen LogP contribution in [0, 0.1) is 0 Å². The van der Waals surface area contributed by atoms with Gasteiger partial charge in [0.25, 0.3) is 0 Å². The molecule has 3 heteroatoms. The summed E-state index contributed by atoms with van der Waals surface area (Å²) in [5.74, 6) is 0. The molecule has 0 N–H and O–H groups in total. The van der Waals surface area contributed by atoms with Gasteiger partial charge in [-0.2, -0.15) is 0 Å². The molecule has 0 aromatic heterocycles. The maximum Gasteiger partial charge on any atom is 0.410 e. The van der Waals surface area contributed by atoms with Gasteiger partial charge in [-0.1, -0.05) is 0 Å². The summed E-state index contributed by atoms with van der Waals surface area (Å²) >= 11 is 0. The van der Waals surface area contributed by atoms with Gasteiger partial charge in [-0.25, -0.2) is 4.79 Å². The van der Waals surface area contributed by atoms with Crippen LogP contribution in [-0.2, 0) is 4.74 Å². The van der Waals surface area contributed by atoms with Crippen LogP contribution in [-0.4, -0.2) is 30.2 Å². The molecule has 50 valence electrons. The van der Waals surface area contributed by atoms with Crippen LogP contribution in [0.2, 0.25) is 0 Å². The van der Waals surface area contributed by atoms with Gasteiger partial charge in [0.2, 0.25) is 0 Å². The second kappa shape index (κ2) is 1.62. The normalized spacial score (nSPS) is 26.7. The smallest absolute Gasteiger partial charge is 0.410 e. The molecule has 3 nitrogen and oxygen atoms in total. The van der Waals surface area contributed by atoms with Gasteiger partial charge in [-0.15, -0.1) is 0 Å². The molecule has 1 aliphatic carbocycles. The Hall–Kier alpha value is -0.730. The molecule has 9 heavy (non-hydrogen) atoms. The van der Waals surface area contributed by atoms with Crippen LogP contribution in [0.15, 0.2) is 0 Å². The molecular formula is C6H9NO2. The third-order valence-corrected chi connectivity index (χ3v) is 1.78. The minimum Gasteiger partial charge on any atom is -0.448 e. The number of amides is 1. The highest BCUT2D eigenvalue weighted by molar-refractivity contribution is 5.70. The largest absolute Gasteiger partial charge is 0.448 e. The number of rotatable bonds is 1. The Morgan fingerprint density at radius 1 is 1.56 bits per heavy atom. The first-order chi connectivity index (χ1) is 4.38. The van der Waals surface area contributed by atoms with Gasteiger partial charge < -0.3 is 9.64 Å². The molecule has 1 saturated carbocycles. The van der Waals surface area contributed by atoms with Gasteiger partial charge in [0.05, 0.1) is 6.54 Å². The van der Waals surface area contributed by atoms with E-state index in [9.17, 15) is 4.79 Å². The molecule has 0 unspecified atom stereocenters. The Balaban J connectivity index is 2.01. The van der Waals surface area contributed by atoms with Crippen molar-refractivity contribution < 1.29 is 9.53 Å². The summed E-state index contributed by atoms with van der Waals surface area (Å²) in [6.07, 6.45) is 2.24. The third kappa shape index (κ3) is 0.763. The summed E-state index contributed by atoms with van der Waals surface area (Å²) in [7, 11) is 0. The van der Waals surface area contributed by atoms with E-state index >= 15 is 0 Å². The summed E-state index contributed by atoms with van der Waals surface area (Å²) in [5, 5.41) is 0. The Morgan fingerprint density at radius 2 is 2.33 bits per heavy atom. The quantitative estimate of drug-likeness (QED) is 0.516. The van der Waals surface area contributed by atoms with Crippen LogP contribution in [0.25, 0.3) is 0 Å². The zero-order chi connectivity index (χ0) is 6.27. The lowest BCUT2D eigenvalue weighted by Crippen LogP contribution is -2.26. The van der Waals surface area contributed by atoms with Crippen molar-refractivity contribution in [2.24, 2.45) is 0 Å². The minimum atomic E-state index is -0.113. The molecule has 0 bridgehead atoms. The number of cyclic esters (lactones) is 1. The van der Waals surface area contributed by atoms with Gasteiger partial charge in [0.1, 0.15) is 6.61 Å². The molecule has 0 radical (unpaired) electrons. The summed E-state index contributed by atoms with van der Waals surface area (Å²) < 4.78 is 4.75. The first-order valence-corrected chi connectivity index (χ1v) is 3.31. The molecule has 0 spiro atoms. The average molecular weight is 127 g/mol. The number of nitrogens with zero attached hydrogens (tertiary/aromatic N) is 1. The second-order valence-electron chi connectivity index (χ2n) is 2.54. The van der Waals surface area contributed by atoms with E-state index in [0.717, 1.165) is 6.54 Å². The number of carbonyl (C=O) groups is 1. The van der Waals surface area contributed by atoms with Gasteiger partial charge >= 0.3 is 6.09 Å². The zero-order valence-corrected chi connectivity index (χ0v) is 5.17. The predicted octanol–water partition coefficient (Wildman–Crippen LogP) is 0.601. The first kappa shape index (κ1) is 5.09. The lowest BCUT2D eigenvalue weighted by atomic mass is 10.5. The Morgan fingerprint density at radius 3 is 2.78 bits per heavy atom. The zero-order valence-electron chi connectivity index (χ0n) is 5.17. The van der Waals surface area contributed by atoms with Crippen molar-refractivity contribution in [3.8, 4) is 0 Å².